The molecule has 13 heteroatoms. The number of aliphatic imine (C=N–C) groups is 1. The fraction of sp³-hybridized carbons (Fsp3) is 0.150. The van der Waals surface area contributed by atoms with E-state index in [1.165, 1.54) is 22.8 Å². The van der Waals surface area contributed by atoms with E-state index in [0.717, 1.165) is 18.3 Å². The molecule has 0 aliphatic carbocycles. The Labute approximate surface area is 195 Å². The molecule has 0 saturated carbocycles. The number of pyridine rings is 1. The number of carbonyl (C=O) groups is 2. The fourth-order valence-electron chi connectivity index (χ4n) is 3.42. The zero-order valence-electron chi connectivity index (χ0n) is 16.7. The van der Waals surface area contributed by atoms with E-state index in [1.807, 2.05) is 0 Å². The molecule has 9 nitrogen and oxygen atoms in total. The summed E-state index contributed by atoms with van der Waals surface area (Å²) in [5.41, 5.74) is -1.13. The highest BCUT2D eigenvalue weighted by Gasteiger charge is 2.38. The van der Waals surface area contributed by atoms with Crippen LogP contribution in [-0.4, -0.2) is 37.5 Å². The quantitative estimate of drug-likeness (QED) is 0.506. The van der Waals surface area contributed by atoms with Crippen molar-refractivity contribution in [2.75, 3.05) is 5.32 Å². The molecule has 3 heterocycles. The summed E-state index contributed by atoms with van der Waals surface area (Å²) in [7, 11) is 0. The van der Waals surface area contributed by atoms with Gasteiger partial charge in [0.2, 0.25) is 0 Å². The van der Waals surface area contributed by atoms with E-state index in [0.29, 0.717) is 0 Å². The van der Waals surface area contributed by atoms with E-state index in [1.54, 1.807) is 6.92 Å². The predicted molar refractivity (Wildman–Crippen MR) is 116 cm³/mol. The molecule has 1 unspecified atom stereocenters. The van der Waals surface area contributed by atoms with Crippen LogP contribution >= 0.6 is 23.2 Å². The average Bonchev–Trinajstić information content (AvgIpc) is 3.03. The van der Waals surface area contributed by atoms with E-state index < -0.39 is 29.2 Å². The second kappa shape index (κ2) is 8.41. The van der Waals surface area contributed by atoms with Crippen molar-refractivity contribution in [3.05, 3.63) is 75.6 Å². The first-order chi connectivity index (χ1) is 15.6. The van der Waals surface area contributed by atoms with Gasteiger partial charge in [0.1, 0.15) is 28.0 Å². The topological polar surface area (TPSA) is 122 Å². The van der Waals surface area contributed by atoms with Crippen LogP contribution in [0.3, 0.4) is 0 Å². The molecule has 33 heavy (non-hydrogen) atoms. The summed E-state index contributed by atoms with van der Waals surface area (Å²) in [4.78, 5) is 35.8. The molecule has 2 aromatic heterocycles. The van der Waals surface area contributed by atoms with Gasteiger partial charge in [-0.1, -0.05) is 23.2 Å². The number of rotatable bonds is 3. The van der Waals surface area contributed by atoms with Crippen LogP contribution in [0.5, 0.6) is 0 Å². The molecule has 1 aliphatic rings. The maximum Gasteiger partial charge on any atom is 0.410 e. The van der Waals surface area contributed by atoms with Gasteiger partial charge in [-0.3, -0.25) is 15.1 Å². The number of hydrogen-bond acceptors (Lipinski definition) is 5. The molecule has 1 atom stereocenters. The second-order valence-electron chi connectivity index (χ2n) is 7.28. The summed E-state index contributed by atoms with van der Waals surface area (Å²) in [6, 6.07) is 6.11. The summed E-state index contributed by atoms with van der Waals surface area (Å²) < 4.78 is 29.4. The molecule has 1 aliphatic heterocycles. The van der Waals surface area contributed by atoms with Crippen molar-refractivity contribution >= 4 is 46.7 Å². The number of carboxylic acid groups (broad SMARTS) is 1. The molecule has 3 N–H and O–H groups in total. The number of hydrogen-bond donors (Lipinski definition) is 3. The Kier molecular flexibility index (Phi) is 5.76. The Morgan fingerprint density at radius 3 is 2.61 bits per heavy atom. The first-order valence-electron chi connectivity index (χ1n) is 9.32. The summed E-state index contributed by atoms with van der Waals surface area (Å²) in [5.74, 6) is -1.97. The standard InChI is InChI=1S/C20H14Cl2F2N6O3/c1-20(8-30-15(22)14(21)27-17(30)16(29-20)28-19(32)33)11-6-10(3-4-12(11)24)26-18(31)13-5-2-9(23)7-25-13/h2-7H,8H2,1H3,(H,26,31)(H,28,29)(H,32,33). The minimum absolute atomic E-state index is 0.0144. The molecular formula is C20H14Cl2F2N6O3. The van der Waals surface area contributed by atoms with Gasteiger partial charge in [0.05, 0.1) is 12.7 Å². The van der Waals surface area contributed by atoms with Crippen molar-refractivity contribution in [1.29, 1.82) is 0 Å². The van der Waals surface area contributed by atoms with Crippen molar-refractivity contribution in [3.8, 4) is 0 Å². The predicted octanol–water partition coefficient (Wildman–Crippen LogP) is 4.06. The molecule has 0 fully saturated rings. The van der Waals surface area contributed by atoms with Crippen LogP contribution in [0.2, 0.25) is 10.3 Å². The third-order valence-electron chi connectivity index (χ3n) is 4.89. The number of carbonyl (C=O) groups excluding carboxylic acids is 1. The Balaban J connectivity index is 1.73. The van der Waals surface area contributed by atoms with Gasteiger partial charge < -0.3 is 15.0 Å². The van der Waals surface area contributed by atoms with Crippen molar-refractivity contribution in [2.45, 2.75) is 19.0 Å². The molecule has 0 spiro atoms. The number of nitrogens with one attached hydrogen (secondary N) is 2. The highest BCUT2D eigenvalue weighted by molar-refractivity contribution is 6.41. The Bertz CT molecular complexity index is 1310. The lowest BCUT2D eigenvalue weighted by Crippen LogP contribution is -2.41. The van der Waals surface area contributed by atoms with E-state index in [9.17, 15) is 23.5 Å². The maximum atomic E-state index is 14.9. The number of anilines is 1. The second-order valence-corrected chi connectivity index (χ2v) is 7.99. The summed E-state index contributed by atoms with van der Waals surface area (Å²) in [5, 5.41) is 13.8. The summed E-state index contributed by atoms with van der Waals surface area (Å²) in [6.07, 6.45) is -0.509. The molecular weight excluding hydrogens is 481 g/mol. The van der Waals surface area contributed by atoms with Gasteiger partial charge in [-0.15, -0.1) is 0 Å². The minimum Gasteiger partial charge on any atom is -0.465 e. The maximum absolute atomic E-state index is 14.9. The third kappa shape index (κ3) is 4.37. The number of amidine groups is 1. The molecule has 2 amide bonds. The monoisotopic (exact) mass is 494 g/mol. The Morgan fingerprint density at radius 2 is 1.94 bits per heavy atom. The molecule has 170 valence electrons. The normalized spacial score (nSPS) is 17.2. The van der Waals surface area contributed by atoms with E-state index in [-0.39, 0.29) is 45.5 Å². The number of amides is 2. The van der Waals surface area contributed by atoms with Gasteiger partial charge in [0.25, 0.3) is 5.91 Å². The van der Waals surface area contributed by atoms with Crippen molar-refractivity contribution in [2.24, 2.45) is 4.99 Å². The lowest BCUT2D eigenvalue weighted by Gasteiger charge is -2.32. The minimum atomic E-state index is -1.41. The number of nitrogens with zero attached hydrogens (tertiary/aromatic N) is 4. The SMILES string of the molecule is CC1(c2cc(NC(=O)c3ccc(F)cn3)ccc2F)Cn2c(nc(Cl)c2Cl)C(NC(=O)O)=N1. The van der Waals surface area contributed by atoms with Gasteiger partial charge >= 0.3 is 6.09 Å². The fourth-order valence-corrected chi connectivity index (χ4v) is 3.78. The third-order valence-corrected chi connectivity index (χ3v) is 5.64. The van der Waals surface area contributed by atoms with Crippen LogP contribution in [0.4, 0.5) is 19.3 Å². The van der Waals surface area contributed by atoms with Gasteiger partial charge in [0.15, 0.2) is 16.8 Å². The van der Waals surface area contributed by atoms with Crippen molar-refractivity contribution in [1.82, 2.24) is 19.9 Å². The van der Waals surface area contributed by atoms with Gasteiger partial charge in [-0.2, -0.15) is 0 Å². The highest BCUT2D eigenvalue weighted by Crippen LogP contribution is 2.37. The lowest BCUT2D eigenvalue weighted by molar-refractivity contribution is 0.102. The molecule has 0 saturated heterocycles. The zero-order valence-corrected chi connectivity index (χ0v) is 18.2. The van der Waals surface area contributed by atoms with Crippen molar-refractivity contribution in [3.63, 3.8) is 0 Å². The van der Waals surface area contributed by atoms with E-state index >= 15 is 0 Å². The average molecular weight is 495 g/mol. The van der Waals surface area contributed by atoms with Crippen molar-refractivity contribution < 1.29 is 23.5 Å². The van der Waals surface area contributed by atoms with E-state index in [4.69, 9.17) is 23.2 Å². The summed E-state index contributed by atoms with van der Waals surface area (Å²) >= 11 is 12.2. The largest absolute Gasteiger partial charge is 0.465 e. The first-order valence-corrected chi connectivity index (χ1v) is 10.1. The number of halogens is 4. The van der Waals surface area contributed by atoms with E-state index in [2.05, 4.69) is 25.6 Å². The Hall–Kier alpha value is -3.57. The van der Waals surface area contributed by atoms with Crippen LogP contribution in [0.15, 0.2) is 41.5 Å². The molecule has 0 radical (unpaired) electrons. The first kappa shape index (κ1) is 22.6. The van der Waals surface area contributed by atoms with Crippen LogP contribution in [-0.2, 0) is 12.1 Å². The zero-order chi connectivity index (χ0) is 23.9. The molecule has 0 bridgehead atoms. The smallest absolute Gasteiger partial charge is 0.410 e. The molecule has 3 aromatic rings. The molecule has 4 rings (SSSR count). The summed E-state index contributed by atoms with van der Waals surface area (Å²) in [6.45, 7) is 1.55. The van der Waals surface area contributed by atoms with Crippen LogP contribution in [0.25, 0.3) is 0 Å². The number of fused-ring (bicyclic) bond motifs is 1. The van der Waals surface area contributed by atoms with Crippen LogP contribution in [0, 0.1) is 11.6 Å². The van der Waals surface area contributed by atoms with Crippen LogP contribution in [0.1, 0.15) is 28.8 Å². The Morgan fingerprint density at radius 1 is 1.18 bits per heavy atom. The highest BCUT2D eigenvalue weighted by atomic mass is 35.5. The number of aromatic nitrogens is 3. The number of imidazole rings is 1. The number of benzene rings is 1. The van der Waals surface area contributed by atoms with Gasteiger partial charge in [-0.05, 0) is 37.3 Å². The van der Waals surface area contributed by atoms with Gasteiger partial charge in [0, 0.05) is 11.3 Å². The lowest BCUT2D eigenvalue weighted by atomic mass is 9.90. The molecule has 1 aromatic carbocycles. The van der Waals surface area contributed by atoms with Crippen LogP contribution < -0.4 is 10.6 Å². The van der Waals surface area contributed by atoms with Gasteiger partial charge in [-0.25, -0.2) is 23.5 Å².